The van der Waals surface area contributed by atoms with E-state index < -0.39 is 0 Å². The Morgan fingerprint density at radius 1 is 1.38 bits per heavy atom. The maximum atomic E-state index is 5.25. The smallest absolute Gasteiger partial charge is 0.145 e. The van der Waals surface area contributed by atoms with E-state index in [1.165, 1.54) is 6.33 Å². The molecule has 0 bridgehead atoms. The van der Waals surface area contributed by atoms with Crippen LogP contribution in [-0.4, -0.2) is 19.7 Å². The van der Waals surface area contributed by atoms with Crippen molar-refractivity contribution >= 4 is 11.6 Å². The number of rotatable bonds is 4. The van der Waals surface area contributed by atoms with Crippen LogP contribution in [0.15, 0.2) is 24.7 Å². The molecule has 0 aliphatic carbocycles. The van der Waals surface area contributed by atoms with Crippen molar-refractivity contribution in [3.8, 4) is 0 Å². The largest absolute Gasteiger partial charge is 0.364 e. The summed E-state index contributed by atoms with van der Waals surface area (Å²) in [6.07, 6.45) is 3.33. The van der Waals surface area contributed by atoms with Crippen molar-refractivity contribution in [1.29, 1.82) is 0 Å². The number of aromatic nitrogens is 4. The minimum Gasteiger partial charge on any atom is -0.364 e. The molecule has 0 aliphatic heterocycles. The third-order valence-electron chi connectivity index (χ3n) is 2.03. The van der Waals surface area contributed by atoms with Gasteiger partial charge in [0.25, 0.3) is 0 Å². The number of anilines is 2. The van der Waals surface area contributed by atoms with E-state index in [1.807, 2.05) is 19.3 Å². The first-order chi connectivity index (χ1) is 7.78. The minimum atomic E-state index is 0.568. The van der Waals surface area contributed by atoms with E-state index in [0.29, 0.717) is 18.2 Å². The molecule has 0 saturated carbocycles. The normalized spacial score (nSPS) is 10.1. The highest BCUT2D eigenvalue weighted by Gasteiger charge is 1.99. The lowest BCUT2D eigenvalue weighted by Gasteiger charge is -2.04. The lowest BCUT2D eigenvalue weighted by molar-refractivity contribution is 0.747. The van der Waals surface area contributed by atoms with Crippen LogP contribution < -0.4 is 16.6 Å². The fraction of sp³-hybridized carbons (Fsp3) is 0.222. The summed E-state index contributed by atoms with van der Waals surface area (Å²) in [5, 5.41) is 7.37. The highest BCUT2D eigenvalue weighted by Crippen LogP contribution is 2.08. The Labute approximate surface area is 92.7 Å². The van der Waals surface area contributed by atoms with Gasteiger partial charge < -0.3 is 10.7 Å². The number of nitrogen functional groups attached to an aromatic ring is 1. The topological polar surface area (TPSA) is 93.7 Å². The van der Waals surface area contributed by atoms with Crippen LogP contribution in [0.5, 0.6) is 0 Å². The van der Waals surface area contributed by atoms with E-state index in [1.54, 1.807) is 10.7 Å². The summed E-state index contributed by atoms with van der Waals surface area (Å²) in [6, 6.07) is 3.67. The predicted molar refractivity (Wildman–Crippen MR) is 60.4 cm³/mol. The number of hydrazine groups is 1. The molecule has 0 fully saturated rings. The van der Waals surface area contributed by atoms with Gasteiger partial charge in [-0.3, -0.25) is 4.68 Å². The Hall–Kier alpha value is -2.15. The fourth-order valence-electron chi connectivity index (χ4n) is 1.27. The van der Waals surface area contributed by atoms with Gasteiger partial charge in [0.15, 0.2) is 0 Å². The lowest BCUT2D eigenvalue weighted by Crippen LogP contribution is -2.10. The standard InChI is InChI=1S/C9H13N7/c1-16-3-2-7(15-16)5-11-8-4-9(14-10)13-6-12-8/h2-4,6H,5,10H2,1H3,(H2,11,12,13,14). The Morgan fingerprint density at radius 3 is 2.88 bits per heavy atom. The van der Waals surface area contributed by atoms with Crippen molar-refractivity contribution < 1.29 is 0 Å². The second-order valence-electron chi connectivity index (χ2n) is 3.27. The van der Waals surface area contributed by atoms with E-state index in [0.717, 1.165) is 5.69 Å². The summed E-state index contributed by atoms with van der Waals surface area (Å²) in [7, 11) is 1.88. The molecule has 2 rings (SSSR count). The molecule has 0 atom stereocenters. The third kappa shape index (κ3) is 2.45. The Balaban J connectivity index is 1.99. The van der Waals surface area contributed by atoms with E-state index in [2.05, 4.69) is 25.8 Å². The van der Waals surface area contributed by atoms with E-state index in [9.17, 15) is 0 Å². The molecule has 7 nitrogen and oxygen atoms in total. The average Bonchev–Trinajstić information content (AvgIpc) is 2.73. The molecule has 84 valence electrons. The number of hydrogen-bond donors (Lipinski definition) is 3. The predicted octanol–water partition coefficient (Wildman–Crippen LogP) is 0.108. The van der Waals surface area contributed by atoms with Crippen LogP contribution in [0.3, 0.4) is 0 Å². The van der Waals surface area contributed by atoms with Gasteiger partial charge in [0.05, 0.1) is 12.2 Å². The SMILES string of the molecule is Cn1ccc(CNc2cc(NN)ncn2)n1. The van der Waals surface area contributed by atoms with E-state index in [-0.39, 0.29) is 0 Å². The van der Waals surface area contributed by atoms with Gasteiger partial charge in [-0.1, -0.05) is 0 Å². The molecule has 0 saturated heterocycles. The van der Waals surface area contributed by atoms with Crippen LogP contribution in [0.1, 0.15) is 5.69 Å². The maximum absolute atomic E-state index is 5.25. The monoisotopic (exact) mass is 219 g/mol. The number of nitrogens with zero attached hydrogens (tertiary/aromatic N) is 4. The first-order valence-corrected chi connectivity index (χ1v) is 4.79. The molecule has 16 heavy (non-hydrogen) atoms. The third-order valence-corrected chi connectivity index (χ3v) is 2.03. The summed E-state index contributed by atoms with van der Waals surface area (Å²) in [5.41, 5.74) is 3.41. The fourth-order valence-corrected chi connectivity index (χ4v) is 1.27. The highest BCUT2D eigenvalue weighted by atomic mass is 15.3. The minimum absolute atomic E-state index is 0.568. The molecule has 0 amide bonds. The molecule has 0 unspecified atom stereocenters. The molecule has 2 aromatic rings. The molecule has 0 aliphatic rings. The maximum Gasteiger partial charge on any atom is 0.145 e. The van der Waals surface area contributed by atoms with Gasteiger partial charge in [-0.25, -0.2) is 15.8 Å². The number of nitrogens with two attached hydrogens (primary N) is 1. The van der Waals surface area contributed by atoms with Crippen molar-refractivity contribution in [2.45, 2.75) is 6.54 Å². The van der Waals surface area contributed by atoms with Gasteiger partial charge in [0.2, 0.25) is 0 Å². The Kier molecular flexibility index (Phi) is 2.97. The van der Waals surface area contributed by atoms with Crippen LogP contribution in [0.25, 0.3) is 0 Å². The van der Waals surface area contributed by atoms with E-state index >= 15 is 0 Å². The average molecular weight is 219 g/mol. The zero-order valence-electron chi connectivity index (χ0n) is 8.88. The summed E-state index contributed by atoms with van der Waals surface area (Å²) in [6.45, 7) is 0.613. The molecule has 2 heterocycles. The van der Waals surface area contributed by atoms with Gasteiger partial charge in [-0.15, -0.1) is 0 Å². The molecule has 0 aromatic carbocycles. The summed E-state index contributed by atoms with van der Waals surface area (Å²) in [4.78, 5) is 7.97. The summed E-state index contributed by atoms with van der Waals surface area (Å²) >= 11 is 0. The van der Waals surface area contributed by atoms with Crippen molar-refractivity contribution in [2.24, 2.45) is 12.9 Å². The number of nitrogens with one attached hydrogen (secondary N) is 2. The van der Waals surface area contributed by atoms with Gasteiger partial charge in [-0.05, 0) is 6.07 Å². The van der Waals surface area contributed by atoms with Crippen molar-refractivity contribution in [3.05, 3.63) is 30.4 Å². The van der Waals surface area contributed by atoms with E-state index in [4.69, 9.17) is 5.84 Å². The lowest BCUT2D eigenvalue weighted by atomic mass is 10.4. The molecular formula is C9H13N7. The summed E-state index contributed by atoms with van der Waals surface area (Å²) in [5.74, 6) is 6.52. The first kappa shape index (κ1) is 10.4. The molecule has 0 spiro atoms. The van der Waals surface area contributed by atoms with Crippen LogP contribution in [0.2, 0.25) is 0 Å². The molecule has 2 aromatic heterocycles. The second-order valence-corrected chi connectivity index (χ2v) is 3.27. The van der Waals surface area contributed by atoms with Gasteiger partial charge >= 0.3 is 0 Å². The zero-order chi connectivity index (χ0) is 11.4. The quantitative estimate of drug-likeness (QED) is 0.499. The van der Waals surface area contributed by atoms with Crippen LogP contribution in [0, 0.1) is 0 Å². The Morgan fingerprint density at radius 2 is 2.19 bits per heavy atom. The number of aryl methyl sites for hydroxylation is 1. The van der Waals surface area contributed by atoms with Crippen molar-refractivity contribution in [2.75, 3.05) is 10.7 Å². The molecule has 4 N–H and O–H groups in total. The van der Waals surface area contributed by atoms with Crippen molar-refractivity contribution in [1.82, 2.24) is 19.7 Å². The van der Waals surface area contributed by atoms with Gasteiger partial charge in [0, 0.05) is 19.3 Å². The number of hydrogen-bond acceptors (Lipinski definition) is 6. The molecule has 0 radical (unpaired) electrons. The highest BCUT2D eigenvalue weighted by molar-refractivity contribution is 5.45. The van der Waals surface area contributed by atoms with Crippen molar-refractivity contribution in [3.63, 3.8) is 0 Å². The Bertz CT molecular complexity index is 464. The molecular weight excluding hydrogens is 206 g/mol. The first-order valence-electron chi connectivity index (χ1n) is 4.79. The van der Waals surface area contributed by atoms with Gasteiger partial charge in [-0.2, -0.15) is 5.10 Å². The molecule has 7 heteroatoms. The van der Waals surface area contributed by atoms with Crippen LogP contribution in [0.4, 0.5) is 11.6 Å². The zero-order valence-corrected chi connectivity index (χ0v) is 8.88. The summed E-state index contributed by atoms with van der Waals surface area (Å²) < 4.78 is 1.75. The van der Waals surface area contributed by atoms with Crippen LogP contribution in [-0.2, 0) is 13.6 Å². The van der Waals surface area contributed by atoms with Crippen LogP contribution >= 0.6 is 0 Å². The second kappa shape index (κ2) is 4.58. The van der Waals surface area contributed by atoms with Gasteiger partial charge in [0.1, 0.15) is 18.0 Å².